The van der Waals surface area contributed by atoms with E-state index in [2.05, 4.69) is 0 Å². The molecule has 0 fully saturated rings. The van der Waals surface area contributed by atoms with Crippen molar-refractivity contribution in [3.05, 3.63) is 34.6 Å². The van der Waals surface area contributed by atoms with Crippen LogP contribution in [0, 0.1) is 29.1 Å². The number of rotatable bonds is 3. The zero-order valence-corrected chi connectivity index (χ0v) is 9.03. The molecule has 0 spiro atoms. The fourth-order valence-electron chi connectivity index (χ4n) is 1.13. The molecule has 3 nitrogen and oxygen atoms in total. The first kappa shape index (κ1) is 14.4. The minimum atomic E-state index is -2.34. The van der Waals surface area contributed by atoms with Gasteiger partial charge in [0, 0.05) is 6.54 Å². The highest BCUT2D eigenvalue weighted by Crippen LogP contribution is 2.22. The largest absolute Gasteiger partial charge is 0.392 e. The zero-order chi connectivity index (χ0) is 14.0. The molecule has 18 heavy (non-hydrogen) atoms. The van der Waals surface area contributed by atoms with Crippen molar-refractivity contribution in [3.8, 4) is 0 Å². The van der Waals surface area contributed by atoms with Crippen molar-refractivity contribution in [2.24, 2.45) is 0 Å². The second-order valence-corrected chi connectivity index (χ2v) is 3.50. The first-order valence-electron chi connectivity index (χ1n) is 4.75. The average molecular weight is 269 g/mol. The smallest absolute Gasteiger partial charge is 0.257 e. The number of hydrogen-bond donors (Lipinski definition) is 2. The van der Waals surface area contributed by atoms with Crippen molar-refractivity contribution in [2.45, 2.75) is 13.0 Å². The van der Waals surface area contributed by atoms with Gasteiger partial charge in [-0.2, -0.15) is 0 Å². The third kappa shape index (κ3) is 2.58. The summed E-state index contributed by atoms with van der Waals surface area (Å²) in [4.78, 5) is 11.2. The first-order chi connectivity index (χ1) is 8.27. The molecule has 100 valence electrons. The summed E-state index contributed by atoms with van der Waals surface area (Å²) in [6.45, 7) is 0.872. The maximum atomic E-state index is 13.1. The SMILES string of the molecule is CC(O)CNC(=O)c1c(F)c(F)c(F)c(F)c1F. The predicted molar refractivity (Wildman–Crippen MR) is 50.2 cm³/mol. The quantitative estimate of drug-likeness (QED) is 0.496. The van der Waals surface area contributed by atoms with E-state index in [0.717, 1.165) is 0 Å². The molecule has 1 atom stereocenters. The van der Waals surface area contributed by atoms with E-state index in [9.17, 15) is 26.7 Å². The lowest BCUT2D eigenvalue weighted by atomic mass is 10.1. The third-order valence-corrected chi connectivity index (χ3v) is 1.99. The summed E-state index contributed by atoms with van der Waals surface area (Å²) in [5, 5.41) is 10.7. The Morgan fingerprint density at radius 2 is 1.44 bits per heavy atom. The van der Waals surface area contributed by atoms with Gasteiger partial charge in [-0.15, -0.1) is 0 Å². The molecular weight excluding hydrogens is 261 g/mol. The van der Waals surface area contributed by atoms with Crippen LogP contribution >= 0.6 is 0 Å². The second-order valence-electron chi connectivity index (χ2n) is 3.50. The van der Waals surface area contributed by atoms with Crippen LogP contribution in [-0.2, 0) is 0 Å². The zero-order valence-electron chi connectivity index (χ0n) is 9.03. The monoisotopic (exact) mass is 269 g/mol. The summed E-state index contributed by atoms with van der Waals surface area (Å²) in [5.41, 5.74) is -1.58. The van der Waals surface area contributed by atoms with Gasteiger partial charge in [0.05, 0.1) is 6.10 Å². The van der Waals surface area contributed by atoms with Crippen LogP contribution in [0.25, 0.3) is 0 Å². The Labute approximate surface area is 98.2 Å². The number of halogens is 5. The van der Waals surface area contributed by atoms with Crippen LogP contribution < -0.4 is 5.32 Å². The van der Waals surface area contributed by atoms with Crippen molar-refractivity contribution in [1.29, 1.82) is 0 Å². The molecule has 1 aromatic rings. The minimum absolute atomic E-state index is 0.391. The van der Waals surface area contributed by atoms with Crippen molar-refractivity contribution < 1.29 is 31.9 Å². The molecule has 1 amide bonds. The molecule has 1 unspecified atom stereocenters. The Bertz CT molecular complexity index is 461. The van der Waals surface area contributed by atoms with Gasteiger partial charge in [-0.3, -0.25) is 4.79 Å². The van der Waals surface area contributed by atoms with E-state index in [0.29, 0.717) is 0 Å². The van der Waals surface area contributed by atoms with Crippen molar-refractivity contribution >= 4 is 5.91 Å². The Hall–Kier alpha value is -1.70. The van der Waals surface area contributed by atoms with Gasteiger partial charge >= 0.3 is 0 Å². The normalized spacial score (nSPS) is 12.4. The second kappa shape index (κ2) is 5.30. The molecule has 0 radical (unpaired) electrons. The number of carbonyl (C=O) groups is 1. The van der Waals surface area contributed by atoms with Crippen molar-refractivity contribution in [3.63, 3.8) is 0 Å². The molecule has 0 aliphatic carbocycles. The van der Waals surface area contributed by atoms with Gasteiger partial charge in [-0.25, -0.2) is 22.0 Å². The summed E-state index contributed by atoms with van der Waals surface area (Å²) >= 11 is 0. The van der Waals surface area contributed by atoms with Crippen LogP contribution in [0.15, 0.2) is 0 Å². The highest BCUT2D eigenvalue weighted by Gasteiger charge is 2.29. The molecule has 1 rings (SSSR count). The lowest BCUT2D eigenvalue weighted by molar-refractivity contribution is 0.0912. The number of carbonyl (C=O) groups excluding carboxylic acids is 1. The number of hydrogen-bond acceptors (Lipinski definition) is 2. The first-order valence-corrected chi connectivity index (χ1v) is 4.75. The van der Waals surface area contributed by atoms with Crippen LogP contribution in [0.3, 0.4) is 0 Å². The average Bonchev–Trinajstić information content (AvgIpc) is 2.31. The van der Waals surface area contributed by atoms with Crippen LogP contribution in [0.2, 0.25) is 0 Å². The number of aliphatic hydroxyl groups is 1. The topological polar surface area (TPSA) is 49.3 Å². The Morgan fingerprint density at radius 3 is 1.83 bits per heavy atom. The van der Waals surface area contributed by atoms with E-state index < -0.39 is 53.2 Å². The predicted octanol–water partition coefficient (Wildman–Crippen LogP) is 1.49. The van der Waals surface area contributed by atoms with Gasteiger partial charge in [0.15, 0.2) is 23.3 Å². The van der Waals surface area contributed by atoms with Crippen LogP contribution in [0.1, 0.15) is 17.3 Å². The van der Waals surface area contributed by atoms with Gasteiger partial charge in [0.1, 0.15) is 5.56 Å². The van der Waals surface area contributed by atoms with Crippen LogP contribution in [0.5, 0.6) is 0 Å². The van der Waals surface area contributed by atoms with E-state index in [1.165, 1.54) is 6.92 Å². The molecule has 2 N–H and O–H groups in total. The number of aliphatic hydroxyl groups excluding tert-OH is 1. The van der Waals surface area contributed by atoms with Gasteiger partial charge in [0.25, 0.3) is 5.91 Å². The summed E-state index contributed by atoms with van der Waals surface area (Å²) in [6.07, 6.45) is -1.03. The summed E-state index contributed by atoms with van der Waals surface area (Å²) < 4.78 is 64.5. The van der Waals surface area contributed by atoms with E-state index >= 15 is 0 Å². The third-order valence-electron chi connectivity index (χ3n) is 1.99. The summed E-state index contributed by atoms with van der Waals surface area (Å²) in [7, 11) is 0. The lowest BCUT2D eigenvalue weighted by Crippen LogP contribution is -2.32. The Balaban J connectivity index is 3.21. The lowest BCUT2D eigenvalue weighted by Gasteiger charge is -2.10. The van der Waals surface area contributed by atoms with Crippen LogP contribution in [0.4, 0.5) is 22.0 Å². The van der Waals surface area contributed by atoms with Gasteiger partial charge < -0.3 is 10.4 Å². The van der Waals surface area contributed by atoms with E-state index in [1.807, 2.05) is 5.32 Å². The van der Waals surface area contributed by atoms with Crippen LogP contribution in [-0.4, -0.2) is 23.7 Å². The fourth-order valence-corrected chi connectivity index (χ4v) is 1.13. The maximum Gasteiger partial charge on any atom is 0.257 e. The van der Waals surface area contributed by atoms with Gasteiger partial charge in [-0.05, 0) is 6.92 Å². The fraction of sp³-hybridized carbons (Fsp3) is 0.300. The molecule has 8 heteroatoms. The van der Waals surface area contributed by atoms with E-state index in [1.54, 1.807) is 0 Å². The Morgan fingerprint density at radius 1 is 1.06 bits per heavy atom. The molecule has 0 saturated carbocycles. The maximum absolute atomic E-state index is 13.1. The molecule has 1 aromatic carbocycles. The van der Waals surface area contributed by atoms with Crippen molar-refractivity contribution in [2.75, 3.05) is 6.54 Å². The van der Waals surface area contributed by atoms with E-state index in [4.69, 9.17) is 5.11 Å². The van der Waals surface area contributed by atoms with Gasteiger partial charge in [-0.1, -0.05) is 0 Å². The van der Waals surface area contributed by atoms with Crippen molar-refractivity contribution in [1.82, 2.24) is 5.32 Å². The minimum Gasteiger partial charge on any atom is -0.392 e. The molecular formula is C10H8F5NO2. The summed E-state index contributed by atoms with van der Waals surface area (Å²) in [5.74, 6) is -12.7. The highest BCUT2D eigenvalue weighted by atomic mass is 19.2. The molecule has 0 bridgehead atoms. The number of amides is 1. The van der Waals surface area contributed by atoms with Gasteiger partial charge in [0.2, 0.25) is 5.82 Å². The molecule has 0 aromatic heterocycles. The molecule has 0 saturated heterocycles. The highest BCUT2D eigenvalue weighted by molar-refractivity contribution is 5.94. The molecule has 0 heterocycles. The molecule has 0 aliphatic rings. The Kier molecular flexibility index (Phi) is 4.23. The number of benzene rings is 1. The standard InChI is InChI=1S/C10H8F5NO2/c1-3(17)2-16-10(18)4-5(11)7(13)9(15)8(14)6(4)12/h3,17H,2H2,1H3,(H,16,18). The summed E-state index contributed by atoms with van der Waals surface area (Å²) in [6, 6.07) is 0. The number of nitrogens with one attached hydrogen (secondary N) is 1. The molecule has 0 aliphatic heterocycles. The van der Waals surface area contributed by atoms with E-state index in [-0.39, 0.29) is 0 Å².